The largest absolute Gasteiger partial charge is 0.477 e. The molecule has 0 aliphatic carbocycles. The minimum Gasteiger partial charge on any atom is -0.477 e. The Balaban J connectivity index is 1.77. The van der Waals surface area contributed by atoms with Crippen LogP contribution < -0.4 is 4.74 Å². The molecule has 0 bridgehead atoms. The SMILES string of the molecule is CCOc1ncccc1C(=O)N1CCC[C@H](c2cc(C)[nH]n2)C1. The molecule has 6 heteroatoms. The van der Waals surface area contributed by atoms with Crippen LogP contribution >= 0.6 is 0 Å². The summed E-state index contributed by atoms with van der Waals surface area (Å²) in [5.74, 6) is 0.682. The third-order valence-electron chi connectivity index (χ3n) is 4.14. The molecule has 3 heterocycles. The van der Waals surface area contributed by atoms with E-state index in [2.05, 4.69) is 21.2 Å². The summed E-state index contributed by atoms with van der Waals surface area (Å²) in [4.78, 5) is 18.9. The number of amides is 1. The van der Waals surface area contributed by atoms with Crippen LogP contribution in [0.5, 0.6) is 5.88 Å². The molecule has 0 spiro atoms. The highest BCUT2D eigenvalue weighted by molar-refractivity contribution is 5.96. The average molecular weight is 314 g/mol. The van der Waals surface area contributed by atoms with E-state index in [1.165, 1.54) is 0 Å². The number of likely N-dealkylation sites (tertiary alicyclic amines) is 1. The summed E-state index contributed by atoms with van der Waals surface area (Å²) in [5, 5.41) is 7.34. The number of H-pyrrole nitrogens is 1. The van der Waals surface area contributed by atoms with Crippen LogP contribution in [-0.2, 0) is 0 Å². The predicted molar refractivity (Wildman–Crippen MR) is 86.6 cm³/mol. The number of nitrogens with one attached hydrogen (secondary N) is 1. The number of aryl methyl sites for hydroxylation is 1. The molecule has 23 heavy (non-hydrogen) atoms. The zero-order valence-corrected chi connectivity index (χ0v) is 13.6. The van der Waals surface area contributed by atoms with Gasteiger partial charge < -0.3 is 9.64 Å². The fourth-order valence-electron chi connectivity index (χ4n) is 3.03. The van der Waals surface area contributed by atoms with Gasteiger partial charge in [0.15, 0.2) is 0 Å². The molecular weight excluding hydrogens is 292 g/mol. The molecule has 0 aromatic carbocycles. The van der Waals surface area contributed by atoms with Crippen LogP contribution in [0.4, 0.5) is 0 Å². The number of rotatable bonds is 4. The highest BCUT2D eigenvalue weighted by atomic mass is 16.5. The lowest BCUT2D eigenvalue weighted by Gasteiger charge is -2.32. The highest BCUT2D eigenvalue weighted by Crippen LogP contribution is 2.28. The Labute approximate surface area is 135 Å². The van der Waals surface area contributed by atoms with Crippen molar-refractivity contribution >= 4 is 5.91 Å². The van der Waals surface area contributed by atoms with E-state index >= 15 is 0 Å². The summed E-state index contributed by atoms with van der Waals surface area (Å²) in [7, 11) is 0. The normalized spacial score (nSPS) is 18.0. The molecule has 6 nitrogen and oxygen atoms in total. The van der Waals surface area contributed by atoms with Gasteiger partial charge in [-0.05, 0) is 44.9 Å². The van der Waals surface area contributed by atoms with Crippen molar-refractivity contribution in [1.82, 2.24) is 20.1 Å². The van der Waals surface area contributed by atoms with E-state index in [1.54, 1.807) is 18.3 Å². The van der Waals surface area contributed by atoms with Gasteiger partial charge in [0.25, 0.3) is 5.91 Å². The molecule has 2 aromatic heterocycles. The Bertz CT molecular complexity index is 683. The predicted octanol–water partition coefficient (Wildman–Crippen LogP) is 2.53. The van der Waals surface area contributed by atoms with E-state index in [4.69, 9.17) is 4.74 Å². The summed E-state index contributed by atoms with van der Waals surface area (Å²) in [6, 6.07) is 5.62. The molecule has 1 aliphatic rings. The quantitative estimate of drug-likeness (QED) is 0.941. The minimum absolute atomic E-state index is 0.0153. The Hall–Kier alpha value is -2.37. The van der Waals surface area contributed by atoms with Gasteiger partial charge in [-0.2, -0.15) is 5.10 Å². The van der Waals surface area contributed by atoms with Crippen LogP contribution in [0.1, 0.15) is 47.4 Å². The van der Waals surface area contributed by atoms with Crippen molar-refractivity contribution in [3.63, 3.8) is 0 Å². The molecule has 3 rings (SSSR count). The number of ether oxygens (including phenoxy) is 1. The highest BCUT2D eigenvalue weighted by Gasteiger charge is 2.28. The molecule has 1 fully saturated rings. The van der Waals surface area contributed by atoms with Gasteiger partial charge in [-0.3, -0.25) is 9.89 Å². The lowest BCUT2D eigenvalue weighted by Crippen LogP contribution is -2.39. The number of aromatic amines is 1. The van der Waals surface area contributed by atoms with Gasteiger partial charge in [-0.1, -0.05) is 0 Å². The second-order valence-corrected chi connectivity index (χ2v) is 5.86. The molecule has 1 amide bonds. The molecule has 0 saturated carbocycles. The number of pyridine rings is 1. The van der Waals surface area contributed by atoms with E-state index in [1.807, 2.05) is 18.7 Å². The van der Waals surface area contributed by atoms with Gasteiger partial charge in [0, 0.05) is 30.9 Å². The molecule has 2 aromatic rings. The Morgan fingerprint density at radius 2 is 2.39 bits per heavy atom. The van der Waals surface area contributed by atoms with Crippen molar-refractivity contribution in [3.05, 3.63) is 41.3 Å². The Morgan fingerprint density at radius 3 is 3.13 bits per heavy atom. The lowest BCUT2D eigenvalue weighted by molar-refractivity contribution is 0.0700. The minimum atomic E-state index is -0.0153. The van der Waals surface area contributed by atoms with Crippen molar-refractivity contribution in [2.75, 3.05) is 19.7 Å². The number of nitrogens with zero attached hydrogens (tertiary/aromatic N) is 3. The number of hydrogen-bond acceptors (Lipinski definition) is 4. The second-order valence-electron chi connectivity index (χ2n) is 5.86. The summed E-state index contributed by atoms with van der Waals surface area (Å²) < 4.78 is 5.49. The first-order valence-corrected chi connectivity index (χ1v) is 8.08. The Morgan fingerprint density at radius 1 is 1.52 bits per heavy atom. The summed E-state index contributed by atoms with van der Waals surface area (Å²) in [5.41, 5.74) is 2.62. The third-order valence-corrected chi connectivity index (χ3v) is 4.14. The number of aromatic nitrogens is 3. The van der Waals surface area contributed by atoms with Crippen molar-refractivity contribution in [2.45, 2.75) is 32.6 Å². The first-order valence-electron chi connectivity index (χ1n) is 8.08. The van der Waals surface area contributed by atoms with Crippen LogP contribution in [0.2, 0.25) is 0 Å². The molecule has 0 unspecified atom stereocenters. The van der Waals surface area contributed by atoms with Crippen LogP contribution in [0, 0.1) is 6.92 Å². The number of carbonyl (C=O) groups is 1. The lowest BCUT2D eigenvalue weighted by atomic mass is 9.94. The van der Waals surface area contributed by atoms with Crippen LogP contribution in [0.15, 0.2) is 24.4 Å². The zero-order valence-electron chi connectivity index (χ0n) is 13.6. The molecule has 1 N–H and O–H groups in total. The number of piperidine rings is 1. The van der Waals surface area contributed by atoms with Gasteiger partial charge in [0.1, 0.15) is 5.56 Å². The smallest absolute Gasteiger partial charge is 0.259 e. The van der Waals surface area contributed by atoms with Crippen molar-refractivity contribution in [1.29, 1.82) is 0 Å². The molecule has 1 atom stereocenters. The van der Waals surface area contributed by atoms with Crippen molar-refractivity contribution < 1.29 is 9.53 Å². The van der Waals surface area contributed by atoms with Gasteiger partial charge in [0.05, 0.1) is 12.3 Å². The third kappa shape index (κ3) is 3.36. The molecule has 1 aliphatic heterocycles. The van der Waals surface area contributed by atoms with Crippen molar-refractivity contribution in [2.24, 2.45) is 0 Å². The molecular formula is C17H22N4O2. The van der Waals surface area contributed by atoms with Crippen molar-refractivity contribution in [3.8, 4) is 5.88 Å². The average Bonchev–Trinajstić information content (AvgIpc) is 3.02. The van der Waals surface area contributed by atoms with Crippen LogP contribution in [0.3, 0.4) is 0 Å². The first-order chi connectivity index (χ1) is 11.2. The molecule has 0 radical (unpaired) electrons. The van der Waals surface area contributed by atoms with E-state index in [0.717, 1.165) is 30.8 Å². The number of carbonyl (C=O) groups excluding carboxylic acids is 1. The van der Waals surface area contributed by atoms with Gasteiger partial charge in [-0.15, -0.1) is 0 Å². The second kappa shape index (κ2) is 6.81. The van der Waals surface area contributed by atoms with Crippen LogP contribution in [-0.4, -0.2) is 45.7 Å². The monoisotopic (exact) mass is 314 g/mol. The number of hydrogen-bond donors (Lipinski definition) is 1. The maximum Gasteiger partial charge on any atom is 0.259 e. The summed E-state index contributed by atoms with van der Waals surface area (Å²) >= 11 is 0. The summed E-state index contributed by atoms with van der Waals surface area (Å²) in [6.45, 7) is 5.82. The van der Waals surface area contributed by atoms with E-state index < -0.39 is 0 Å². The van der Waals surface area contributed by atoms with Crippen LogP contribution in [0.25, 0.3) is 0 Å². The van der Waals surface area contributed by atoms with E-state index in [9.17, 15) is 4.79 Å². The van der Waals surface area contributed by atoms with E-state index in [0.29, 0.717) is 24.6 Å². The zero-order chi connectivity index (χ0) is 16.2. The Kier molecular flexibility index (Phi) is 4.60. The topological polar surface area (TPSA) is 71.1 Å². The maximum atomic E-state index is 12.9. The molecule has 1 saturated heterocycles. The molecule has 122 valence electrons. The first kappa shape index (κ1) is 15.5. The van der Waals surface area contributed by atoms with Gasteiger partial charge >= 0.3 is 0 Å². The van der Waals surface area contributed by atoms with Gasteiger partial charge in [-0.25, -0.2) is 4.98 Å². The standard InChI is InChI=1S/C17H22N4O2/c1-3-23-16-14(7-4-8-18-16)17(22)21-9-5-6-13(11-21)15-10-12(2)19-20-15/h4,7-8,10,13H,3,5-6,9,11H2,1-2H3,(H,19,20)/t13-/m0/s1. The fourth-order valence-corrected chi connectivity index (χ4v) is 3.03. The summed E-state index contributed by atoms with van der Waals surface area (Å²) in [6.07, 6.45) is 3.68. The van der Waals surface area contributed by atoms with E-state index in [-0.39, 0.29) is 11.8 Å². The fraction of sp³-hybridized carbons (Fsp3) is 0.471. The van der Waals surface area contributed by atoms with Gasteiger partial charge in [0.2, 0.25) is 5.88 Å². The maximum absolute atomic E-state index is 12.9.